The van der Waals surface area contributed by atoms with E-state index < -0.39 is 0 Å². The first-order chi connectivity index (χ1) is 16.7. The van der Waals surface area contributed by atoms with Gasteiger partial charge in [0.05, 0.1) is 23.1 Å². The molecular weight excluding hydrogens is 446 g/mol. The number of piperidine rings is 1. The third kappa shape index (κ3) is 5.00. The second-order valence-electron chi connectivity index (χ2n) is 8.72. The number of likely N-dealkylation sites (tertiary alicyclic amines) is 1. The number of hydrogen-bond donors (Lipinski definition) is 1. The second-order valence-corrected chi connectivity index (χ2v) is 9.75. The van der Waals surface area contributed by atoms with Gasteiger partial charge >= 0.3 is 0 Å². The van der Waals surface area contributed by atoms with Crippen molar-refractivity contribution >= 4 is 33.8 Å². The molecule has 0 aliphatic carbocycles. The van der Waals surface area contributed by atoms with E-state index >= 15 is 0 Å². The molecule has 0 unspecified atom stereocenters. The van der Waals surface area contributed by atoms with Gasteiger partial charge in [0.1, 0.15) is 0 Å². The number of morpholine rings is 1. The lowest BCUT2D eigenvalue weighted by atomic mass is 9.95. The Bertz CT molecular complexity index is 1120. The molecule has 2 amide bonds. The Balaban J connectivity index is 1.28. The highest BCUT2D eigenvalue weighted by molar-refractivity contribution is 7.18. The van der Waals surface area contributed by atoms with E-state index in [-0.39, 0.29) is 17.7 Å². The molecular formula is C27H29N3O3S. The van der Waals surface area contributed by atoms with Crippen LogP contribution in [-0.2, 0) is 9.53 Å². The van der Waals surface area contributed by atoms with Crippen LogP contribution in [0, 0.1) is 5.92 Å². The summed E-state index contributed by atoms with van der Waals surface area (Å²) in [6, 6.07) is 21.8. The molecule has 7 heteroatoms. The first-order valence-corrected chi connectivity index (χ1v) is 12.7. The van der Waals surface area contributed by atoms with Crippen molar-refractivity contribution < 1.29 is 14.3 Å². The standard InChI is InChI=1S/C27H29N3O3S/c31-25(28-22-9-5-2-6-10-22)21-11-13-29(14-12-21)26(32)24-19-23(20-7-3-1-4-8-20)27(34-24)30-15-17-33-18-16-30/h1-10,19,21H,11-18H2,(H,28,31). The van der Waals surface area contributed by atoms with Crippen molar-refractivity contribution in [3.8, 4) is 11.1 Å². The Kier molecular flexibility index (Phi) is 6.92. The molecule has 6 nitrogen and oxygen atoms in total. The number of hydrogen-bond acceptors (Lipinski definition) is 5. The third-order valence-electron chi connectivity index (χ3n) is 6.50. The molecule has 2 aliphatic rings. The molecule has 5 rings (SSSR count). The normalized spacial score (nSPS) is 16.9. The summed E-state index contributed by atoms with van der Waals surface area (Å²) in [6.07, 6.45) is 1.36. The fourth-order valence-electron chi connectivity index (χ4n) is 4.58. The van der Waals surface area contributed by atoms with Crippen molar-refractivity contribution in [1.29, 1.82) is 0 Å². The minimum Gasteiger partial charge on any atom is -0.378 e. The summed E-state index contributed by atoms with van der Waals surface area (Å²) >= 11 is 1.57. The van der Waals surface area contributed by atoms with E-state index in [4.69, 9.17) is 4.74 Å². The molecule has 0 saturated carbocycles. The maximum atomic E-state index is 13.4. The zero-order chi connectivity index (χ0) is 23.3. The van der Waals surface area contributed by atoms with Gasteiger partial charge in [0.25, 0.3) is 5.91 Å². The number of carbonyl (C=O) groups is 2. The van der Waals surface area contributed by atoms with E-state index in [0.29, 0.717) is 39.1 Å². The summed E-state index contributed by atoms with van der Waals surface area (Å²) in [5, 5.41) is 4.13. The first kappa shape index (κ1) is 22.6. The van der Waals surface area contributed by atoms with Crippen LogP contribution in [0.2, 0.25) is 0 Å². The summed E-state index contributed by atoms with van der Waals surface area (Å²) in [4.78, 5) is 31.1. The summed E-state index contributed by atoms with van der Waals surface area (Å²) in [5.41, 5.74) is 3.04. The molecule has 1 aromatic heterocycles. The van der Waals surface area contributed by atoms with Gasteiger partial charge in [0.2, 0.25) is 5.91 Å². The molecule has 0 spiro atoms. The number of nitrogens with one attached hydrogen (secondary N) is 1. The molecule has 0 radical (unpaired) electrons. The van der Waals surface area contributed by atoms with Crippen LogP contribution in [0.3, 0.4) is 0 Å². The van der Waals surface area contributed by atoms with Crippen LogP contribution in [0.5, 0.6) is 0 Å². The maximum absolute atomic E-state index is 13.4. The molecule has 0 bridgehead atoms. The number of carbonyl (C=O) groups excluding carboxylic acids is 2. The first-order valence-electron chi connectivity index (χ1n) is 11.9. The molecule has 0 atom stereocenters. The Hall–Kier alpha value is -3.16. The zero-order valence-electron chi connectivity index (χ0n) is 19.1. The zero-order valence-corrected chi connectivity index (χ0v) is 19.9. The van der Waals surface area contributed by atoms with E-state index in [1.807, 2.05) is 59.5 Å². The van der Waals surface area contributed by atoms with Crippen molar-refractivity contribution in [3.05, 3.63) is 71.6 Å². The van der Waals surface area contributed by atoms with Gasteiger partial charge in [-0.3, -0.25) is 9.59 Å². The summed E-state index contributed by atoms with van der Waals surface area (Å²) in [5.74, 6) is 0.0235. The van der Waals surface area contributed by atoms with E-state index in [9.17, 15) is 9.59 Å². The smallest absolute Gasteiger partial charge is 0.264 e. The lowest BCUT2D eigenvalue weighted by Crippen LogP contribution is -2.41. The van der Waals surface area contributed by atoms with Crippen molar-refractivity contribution in [1.82, 2.24) is 4.90 Å². The van der Waals surface area contributed by atoms with Crippen LogP contribution in [0.1, 0.15) is 22.5 Å². The number of benzene rings is 2. The average molecular weight is 476 g/mol. The summed E-state index contributed by atoms with van der Waals surface area (Å²) in [6.45, 7) is 4.25. The van der Waals surface area contributed by atoms with Crippen LogP contribution < -0.4 is 10.2 Å². The minimum atomic E-state index is -0.0728. The predicted molar refractivity (Wildman–Crippen MR) is 136 cm³/mol. The topological polar surface area (TPSA) is 61.9 Å². The molecule has 34 heavy (non-hydrogen) atoms. The molecule has 1 N–H and O–H groups in total. The van der Waals surface area contributed by atoms with Gasteiger partial charge in [-0.15, -0.1) is 11.3 Å². The SMILES string of the molecule is O=C(Nc1ccccc1)C1CCN(C(=O)c2cc(-c3ccccc3)c(N3CCOCC3)s2)CC1. The lowest BCUT2D eigenvalue weighted by molar-refractivity contribution is -0.121. The Morgan fingerprint density at radius 3 is 2.21 bits per heavy atom. The van der Waals surface area contributed by atoms with E-state index in [1.165, 1.54) is 0 Å². The molecule has 3 aromatic rings. The van der Waals surface area contributed by atoms with Crippen molar-refractivity contribution in [2.24, 2.45) is 5.92 Å². The second kappa shape index (κ2) is 10.4. The quantitative estimate of drug-likeness (QED) is 0.579. The Labute approximate surface area is 204 Å². The monoisotopic (exact) mass is 475 g/mol. The summed E-state index contributed by atoms with van der Waals surface area (Å²) in [7, 11) is 0. The van der Waals surface area contributed by atoms with Gasteiger partial charge in [0.15, 0.2) is 0 Å². The minimum absolute atomic E-state index is 0.0374. The lowest BCUT2D eigenvalue weighted by Gasteiger charge is -2.31. The number of amides is 2. The number of nitrogens with zero attached hydrogens (tertiary/aromatic N) is 2. The largest absolute Gasteiger partial charge is 0.378 e. The van der Waals surface area contributed by atoms with Crippen LogP contribution in [0.25, 0.3) is 11.1 Å². The van der Waals surface area contributed by atoms with Gasteiger partial charge in [-0.25, -0.2) is 0 Å². The van der Waals surface area contributed by atoms with Gasteiger partial charge in [-0.05, 0) is 36.6 Å². The van der Waals surface area contributed by atoms with E-state index in [2.05, 4.69) is 22.3 Å². The van der Waals surface area contributed by atoms with Crippen molar-refractivity contribution in [3.63, 3.8) is 0 Å². The van der Waals surface area contributed by atoms with E-state index in [1.54, 1.807) is 11.3 Å². The van der Waals surface area contributed by atoms with Gasteiger partial charge < -0.3 is 19.9 Å². The highest BCUT2D eigenvalue weighted by Crippen LogP contribution is 2.40. The van der Waals surface area contributed by atoms with Crippen LogP contribution in [0.15, 0.2) is 66.7 Å². The van der Waals surface area contributed by atoms with Gasteiger partial charge in [0, 0.05) is 43.3 Å². The fourth-order valence-corrected chi connectivity index (χ4v) is 5.78. The van der Waals surface area contributed by atoms with Crippen molar-refractivity contribution in [2.75, 3.05) is 49.6 Å². The summed E-state index contributed by atoms with van der Waals surface area (Å²) < 4.78 is 5.54. The Morgan fingerprint density at radius 1 is 0.882 bits per heavy atom. The number of anilines is 2. The predicted octanol–water partition coefficient (Wildman–Crippen LogP) is 4.74. The molecule has 3 heterocycles. The Morgan fingerprint density at radius 2 is 1.53 bits per heavy atom. The van der Waals surface area contributed by atoms with Gasteiger partial charge in [-0.2, -0.15) is 0 Å². The molecule has 2 aliphatic heterocycles. The average Bonchev–Trinajstić information content (AvgIpc) is 3.36. The van der Waals surface area contributed by atoms with Crippen molar-refractivity contribution in [2.45, 2.75) is 12.8 Å². The van der Waals surface area contributed by atoms with Gasteiger partial charge in [-0.1, -0.05) is 48.5 Å². The molecule has 176 valence electrons. The van der Waals surface area contributed by atoms with E-state index in [0.717, 1.165) is 39.8 Å². The fraction of sp³-hybridized carbons (Fsp3) is 0.333. The molecule has 2 fully saturated rings. The number of ether oxygens (including phenoxy) is 1. The highest BCUT2D eigenvalue weighted by atomic mass is 32.1. The number of thiophene rings is 1. The molecule has 2 aromatic carbocycles. The number of rotatable bonds is 5. The third-order valence-corrected chi connectivity index (χ3v) is 7.68. The van der Waals surface area contributed by atoms with Crippen LogP contribution >= 0.6 is 11.3 Å². The van der Waals surface area contributed by atoms with Crippen LogP contribution in [0.4, 0.5) is 10.7 Å². The van der Waals surface area contributed by atoms with Crippen LogP contribution in [-0.4, -0.2) is 56.1 Å². The maximum Gasteiger partial charge on any atom is 0.264 e. The molecule has 2 saturated heterocycles. The number of para-hydroxylation sites is 1. The highest BCUT2D eigenvalue weighted by Gasteiger charge is 2.30.